The summed E-state index contributed by atoms with van der Waals surface area (Å²) in [5.41, 5.74) is 0.900. The lowest BCUT2D eigenvalue weighted by atomic mass is 9.86. The largest absolute Gasteiger partial charge is 0.390 e. The number of likely N-dealkylation sites (tertiary alicyclic amines) is 1. The third-order valence-corrected chi connectivity index (χ3v) is 3.64. The molecule has 1 aromatic rings. The molecule has 88 valence electrons. The number of hydrogen-bond acceptors (Lipinski definition) is 2. The molecule has 0 atom stereocenters. The van der Waals surface area contributed by atoms with Gasteiger partial charge in [0, 0.05) is 13.1 Å². The van der Waals surface area contributed by atoms with Gasteiger partial charge in [0.05, 0.1) is 5.60 Å². The molecule has 2 nitrogen and oxygen atoms in total. The van der Waals surface area contributed by atoms with Crippen molar-refractivity contribution < 1.29 is 5.11 Å². The van der Waals surface area contributed by atoms with E-state index in [1.54, 1.807) is 0 Å². The third-order valence-electron chi connectivity index (χ3n) is 3.64. The van der Waals surface area contributed by atoms with E-state index >= 15 is 0 Å². The highest BCUT2D eigenvalue weighted by molar-refractivity contribution is 5.15. The quantitative estimate of drug-likeness (QED) is 0.841. The summed E-state index contributed by atoms with van der Waals surface area (Å²) in [6.07, 6.45) is 3.71. The number of piperidine rings is 1. The van der Waals surface area contributed by atoms with Crippen molar-refractivity contribution in [3.8, 4) is 0 Å². The van der Waals surface area contributed by atoms with Crippen LogP contribution < -0.4 is 0 Å². The normalized spacial score (nSPS) is 20.9. The second-order valence-corrected chi connectivity index (χ2v) is 5.01. The Balaban J connectivity index is 1.85. The molecule has 16 heavy (non-hydrogen) atoms. The van der Waals surface area contributed by atoms with Gasteiger partial charge in [-0.2, -0.15) is 0 Å². The third kappa shape index (κ3) is 3.06. The number of aliphatic hydroxyl groups is 1. The van der Waals surface area contributed by atoms with Crippen LogP contribution >= 0.6 is 0 Å². The van der Waals surface area contributed by atoms with Crippen LogP contribution in [-0.2, 0) is 6.42 Å². The number of benzene rings is 1. The fourth-order valence-corrected chi connectivity index (χ4v) is 2.31. The molecule has 2 rings (SSSR count). The predicted molar refractivity (Wildman–Crippen MR) is 66.4 cm³/mol. The zero-order valence-corrected chi connectivity index (χ0v) is 10.0. The standard InChI is InChI=1S/C14H21NO/c1-15-11-9-14(16,10-12-15)8-7-13-5-3-2-4-6-13/h2-6,16H,7-12H2,1H3. The molecular weight excluding hydrogens is 198 g/mol. The minimum atomic E-state index is -0.428. The summed E-state index contributed by atoms with van der Waals surface area (Å²) in [7, 11) is 2.12. The molecule has 1 N–H and O–H groups in total. The first-order valence-corrected chi connectivity index (χ1v) is 6.13. The van der Waals surface area contributed by atoms with Gasteiger partial charge < -0.3 is 10.0 Å². The summed E-state index contributed by atoms with van der Waals surface area (Å²) >= 11 is 0. The van der Waals surface area contributed by atoms with Gasteiger partial charge in [0.2, 0.25) is 0 Å². The summed E-state index contributed by atoms with van der Waals surface area (Å²) in [4.78, 5) is 2.29. The van der Waals surface area contributed by atoms with E-state index in [1.807, 2.05) is 6.07 Å². The van der Waals surface area contributed by atoms with Crippen LogP contribution in [0.4, 0.5) is 0 Å². The van der Waals surface area contributed by atoms with E-state index in [0.29, 0.717) is 0 Å². The first-order valence-electron chi connectivity index (χ1n) is 6.13. The molecule has 1 aliphatic heterocycles. The molecule has 1 saturated heterocycles. The van der Waals surface area contributed by atoms with E-state index in [2.05, 4.69) is 36.2 Å². The fraction of sp³-hybridized carbons (Fsp3) is 0.571. The summed E-state index contributed by atoms with van der Waals surface area (Å²) in [6, 6.07) is 10.4. The topological polar surface area (TPSA) is 23.5 Å². The monoisotopic (exact) mass is 219 g/mol. The van der Waals surface area contributed by atoms with Gasteiger partial charge in [0.25, 0.3) is 0 Å². The Morgan fingerprint density at radius 1 is 1.19 bits per heavy atom. The second-order valence-electron chi connectivity index (χ2n) is 5.01. The summed E-state index contributed by atoms with van der Waals surface area (Å²) < 4.78 is 0. The van der Waals surface area contributed by atoms with Gasteiger partial charge in [-0.1, -0.05) is 30.3 Å². The van der Waals surface area contributed by atoms with Crippen LogP contribution in [0.5, 0.6) is 0 Å². The molecule has 1 fully saturated rings. The maximum atomic E-state index is 10.4. The number of nitrogens with zero attached hydrogens (tertiary/aromatic N) is 1. The van der Waals surface area contributed by atoms with Crippen molar-refractivity contribution >= 4 is 0 Å². The van der Waals surface area contributed by atoms with Crippen molar-refractivity contribution in [1.82, 2.24) is 4.90 Å². The molecule has 1 aliphatic rings. The van der Waals surface area contributed by atoms with E-state index in [0.717, 1.165) is 38.8 Å². The number of rotatable bonds is 3. The zero-order chi connectivity index (χ0) is 11.4. The Labute approximate surface area is 97.9 Å². The molecule has 1 heterocycles. The van der Waals surface area contributed by atoms with Crippen molar-refractivity contribution in [2.75, 3.05) is 20.1 Å². The maximum absolute atomic E-state index is 10.4. The molecule has 0 aliphatic carbocycles. The molecule has 0 radical (unpaired) electrons. The highest BCUT2D eigenvalue weighted by atomic mass is 16.3. The lowest BCUT2D eigenvalue weighted by Crippen LogP contribution is -2.42. The van der Waals surface area contributed by atoms with E-state index in [-0.39, 0.29) is 0 Å². The maximum Gasteiger partial charge on any atom is 0.0675 e. The van der Waals surface area contributed by atoms with Crippen molar-refractivity contribution in [2.45, 2.75) is 31.3 Å². The molecule has 2 heteroatoms. The number of hydrogen-bond donors (Lipinski definition) is 1. The Morgan fingerprint density at radius 3 is 2.44 bits per heavy atom. The predicted octanol–water partition coefficient (Wildman–Crippen LogP) is 2.08. The lowest BCUT2D eigenvalue weighted by Gasteiger charge is -2.36. The van der Waals surface area contributed by atoms with Crippen molar-refractivity contribution in [2.24, 2.45) is 0 Å². The fourth-order valence-electron chi connectivity index (χ4n) is 2.31. The lowest BCUT2D eigenvalue weighted by molar-refractivity contribution is -0.0220. The SMILES string of the molecule is CN1CCC(O)(CCc2ccccc2)CC1. The second kappa shape index (κ2) is 4.98. The van der Waals surface area contributed by atoms with E-state index in [9.17, 15) is 5.11 Å². The molecule has 0 unspecified atom stereocenters. The molecule has 0 aromatic heterocycles. The summed E-state index contributed by atoms with van der Waals surface area (Å²) in [5.74, 6) is 0. The Hall–Kier alpha value is -0.860. The van der Waals surface area contributed by atoms with Gasteiger partial charge in [-0.25, -0.2) is 0 Å². The average Bonchev–Trinajstić information content (AvgIpc) is 2.33. The van der Waals surface area contributed by atoms with Gasteiger partial charge >= 0.3 is 0 Å². The van der Waals surface area contributed by atoms with Crippen LogP contribution in [0.2, 0.25) is 0 Å². The Morgan fingerprint density at radius 2 is 1.81 bits per heavy atom. The summed E-state index contributed by atoms with van der Waals surface area (Å²) in [5, 5.41) is 10.4. The van der Waals surface area contributed by atoms with Gasteiger partial charge in [0.15, 0.2) is 0 Å². The van der Waals surface area contributed by atoms with Crippen LogP contribution in [0.1, 0.15) is 24.8 Å². The van der Waals surface area contributed by atoms with Crippen LogP contribution in [0.3, 0.4) is 0 Å². The number of aryl methyl sites for hydroxylation is 1. The zero-order valence-electron chi connectivity index (χ0n) is 10.0. The van der Waals surface area contributed by atoms with Crippen molar-refractivity contribution in [3.05, 3.63) is 35.9 Å². The molecule has 0 bridgehead atoms. The molecule has 0 spiro atoms. The minimum absolute atomic E-state index is 0.428. The van der Waals surface area contributed by atoms with Gasteiger partial charge in [-0.05, 0) is 38.3 Å². The minimum Gasteiger partial charge on any atom is -0.390 e. The van der Waals surface area contributed by atoms with Crippen LogP contribution in [-0.4, -0.2) is 35.7 Å². The van der Waals surface area contributed by atoms with E-state index in [1.165, 1.54) is 5.56 Å². The van der Waals surface area contributed by atoms with Crippen molar-refractivity contribution in [3.63, 3.8) is 0 Å². The van der Waals surface area contributed by atoms with Crippen LogP contribution in [0.25, 0.3) is 0 Å². The van der Waals surface area contributed by atoms with Gasteiger partial charge in [-0.15, -0.1) is 0 Å². The van der Waals surface area contributed by atoms with Crippen LogP contribution in [0.15, 0.2) is 30.3 Å². The molecule has 0 saturated carbocycles. The first-order chi connectivity index (χ1) is 7.68. The van der Waals surface area contributed by atoms with Gasteiger partial charge in [-0.3, -0.25) is 0 Å². The summed E-state index contributed by atoms with van der Waals surface area (Å²) in [6.45, 7) is 2.04. The Bertz CT molecular complexity index is 315. The molecular formula is C14H21NO. The van der Waals surface area contributed by atoms with E-state index in [4.69, 9.17) is 0 Å². The molecule has 1 aromatic carbocycles. The highest BCUT2D eigenvalue weighted by Gasteiger charge is 2.30. The first kappa shape index (κ1) is 11.6. The van der Waals surface area contributed by atoms with E-state index < -0.39 is 5.60 Å². The van der Waals surface area contributed by atoms with Crippen LogP contribution in [0, 0.1) is 0 Å². The highest BCUT2D eigenvalue weighted by Crippen LogP contribution is 2.26. The average molecular weight is 219 g/mol. The van der Waals surface area contributed by atoms with Gasteiger partial charge in [0.1, 0.15) is 0 Å². The Kier molecular flexibility index (Phi) is 3.62. The van der Waals surface area contributed by atoms with Crippen molar-refractivity contribution in [1.29, 1.82) is 0 Å². The molecule has 0 amide bonds. The smallest absolute Gasteiger partial charge is 0.0675 e.